The molecule has 4 rings (SSSR count). The number of carbonyl (C=O) groups is 2. The minimum absolute atomic E-state index is 0.315. The molecule has 0 radical (unpaired) electrons. The number of ether oxygens (including phenoxy) is 2. The second kappa shape index (κ2) is 9.97. The van der Waals surface area contributed by atoms with E-state index in [0.29, 0.717) is 22.1 Å². The standard InChI is InChI=1S/C26H24ClN3O4/c1-16-4-7-18(8-5-16)24-23(28-25(31)19-9-11-20(27)12-10-19)26(32)29-30(24)15-17-6-13-21(33-2)22(14-17)34-3/h4-15,23-24H,1-3H3,(H-,28,29,31,32)/p+1/b30-15-/t23-,24+/m1/s1. The van der Waals surface area contributed by atoms with Gasteiger partial charge in [-0.05, 0) is 49.4 Å². The molecule has 1 saturated heterocycles. The number of benzene rings is 3. The Morgan fingerprint density at radius 3 is 2.32 bits per heavy atom. The predicted octanol–water partition coefficient (Wildman–Crippen LogP) is 3.68. The predicted molar refractivity (Wildman–Crippen MR) is 130 cm³/mol. The summed E-state index contributed by atoms with van der Waals surface area (Å²) in [7, 11) is 3.14. The number of hydrazone groups is 1. The highest BCUT2D eigenvalue weighted by molar-refractivity contribution is 6.30. The fourth-order valence-electron chi connectivity index (χ4n) is 3.86. The SMILES string of the molecule is COc1ccc(/C=[N+]2\NC(=O)[C@H](NC(=O)c3ccc(Cl)cc3)[C@@H]2c2ccc(C)cc2)cc1OC. The first-order chi connectivity index (χ1) is 16.4. The van der Waals surface area contributed by atoms with Gasteiger partial charge in [0, 0.05) is 21.7 Å². The van der Waals surface area contributed by atoms with E-state index in [2.05, 4.69) is 10.7 Å². The molecular weight excluding hydrogens is 454 g/mol. The first kappa shape index (κ1) is 23.3. The molecule has 0 aliphatic carbocycles. The van der Waals surface area contributed by atoms with Crippen LogP contribution in [-0.4, -0.2) is 43.0 Å². The molecule has 0 saturated carbocycles. The van der Waals surface area contributed by atoms with Crippen LogP contribution >= 0.6 is 11.6 Å². The Kier molecular flexibility index (Phi) is 6.84. The summed E-state index contributed by atoms with van der Waals surface area (Å²) >= 11 is 5.94. The summed E-state index contributed by atoms with van der Waals surface area (Å²) < 4.78 is 12.4. The van der Waals surface area contributed by atoms with E-state index in [4.69, 9.17) is 21.1 Å². The van der Waals surface area contributed by atoms with E-state index in [0.717, 1.165) is 16.7 Å². The van der Waals surface area contributed by atoms with Crippen molar-refractivity contribution in [2.45, 2.75) is 19.0 Å². The molecule has 2 N–H and O–H groups in total. The van der Waals surface area contributed by atoms with Crippen molar-refractivity contribution >= 4 is 29.6 Å². The van der Waals surface area contributed by atoms with Gasteiger partial charge in [-0.25, -0.2) is 0 Å². The van der Waals surface area contributed by atoms with Crippen LogP contribution in [0.3, 0.4) is 0 Å². The molecule has 34 heavy (non-hydrogen) atoms. The average molecular weight is 479 g/mol. The number of methoxy groups -OCH3 is 2. The second-order valence-electron chi connectivity index (χ2n) is 7.94. The zero-order valence-corrected chi connectivity index (χ0v) is 19.8. The molecule has 2 atom stereocenters. The number of hydrogen-bond donors (Lipinski definition) is 2. The number of aryl methyl sites for hydroxylation is 1. The average Bonchev–Trinajstić information content (AvgIpc) is 3.14. The Balaban J connectivity index is 1.71. The number of amides is 2. The van der Waals surface area contributed by atoms with Crippen molar-refractivity contribution in [2.24, 2.45) is 0 Å². The van der Waals surface area contributed by atoms with Crippen molar-refractivity contribution in [3.05, 3.63) is 94.0 Å². The summed E-state index contributed by atoms with van der Waals surface area (Å²) in [5.74, 6) is 0.501. The highest BCUT2D eigenvalue weighted by Crippen LogP contribution is 2.29. The lowest BCUT2D eigenvalue weighted by Crippen LogP contribution is -2.42. The highest BCUT2D eigenvalue weighted by atomic mass is 35.5. The van der Waals surface area contributed by atoms with Crippen LogP contribution in [0, 0.1) is 6.92 Å². The number of carbonyl (C=O) groups excluding carboxylic acids is 2. The largest absolute Gasteiger partial charge is 0.493 e. The van der Waals surface area contributed by atoms with Gasteiger partial charge in [-0.1, -0.05) is 41.4 Å². The minimum Gasteiger partial charge on any atom is -0.493 e. The molecule has 0 spiro atoms. The summed E-state index contributed by atoms with van der Waals surface area (Å²) in [6, 6.07) is 18.6. The van der Waals surface area contributed by atoms with Gasteiger partial charge >= 0.3 is 5.91 Å². The van der Waals surface area contributed by atoms with E-state index in [9.17, 15) is 9.59 Å². The molecule has 3 aromatic rings. The van der Waals surface area contributed by atoms with Crippen molar-refractivity contribution in [2.75, 3.05) is 14.2 Å². The zero-order valence-electron chi connectivity index (χ0n) is 19.0. The molecule has 1 heterocycles. The van der Waals surface area contributed by atoms with Crippen LogP contribution in [0.1, 0.15) is 33.1 Å². The summed E-state index contributed by atoms with van der Waals surface area (Å²) in [6.07, 6.45) is 1.80. The molecule has 174 valence electrons. The van der Waals surface area contributed by atoms with Gasteiger partial charge in [0.1, 0.15) is 0 Å². The quantitative estimate of drug-likeness (QED) is 0.530. The summed E-state index contributed by atoms with van der Waals surface area (Å²) in [5.41, 5.74) is 6.06. The fourth-order valence-corrected chi connectivity index (χ4v) is 3.99. The van der Waals surface area contributed by atoms with E-state index in [-0.39, 0.29) is 11.8 Å². The van der Waals surface area contributed by atoms with Crippen molar-refractivity contribution in [1.29, 1.82) is 0 Å². The van der Waals surface area contributed by atoms with E-state index >= 15 is 0 Å². The molecular formula is C26H25ClN3O4+. The molecule has 7 nitrogen and oxygen atoms in total. The van der Waals surface area contributed by atoms with Crippen LogP contribution in [0.15, 0.2) is 66.7 Å². The Labute approximate surface area is 202 Å². The third-order valence-electron chi connectivity index (χ3n) is 5.64. The van der Waals surface area contributed by atoms with Gasteiger partial charge in [0.15, 0.2) is 17.5 Å². The number of nitrogens with zero attached hydrogens (tertiary/aromatic N) is 1. The number of halogens is 1. The third kappa shape index (κ3) is 4.89. The molecule has 1 aliphatic heterocycles. The lowest BCUT2D eigenvalue weighted by Gasteiger charge is -2.15. The van der Waals surface area contributed by atoms with Crippen LogP contribution in [0.2, 0.25) is 5.02 Å². The monoisotopic (exact) mass is 478 g/mol. The molecule has 0 aromatic heterocycles. The molecule has 8 heteroatoms. The molecule has 3 aromatic carbocycles. The first-order valence-corrected chi connectivity index (χ1v) is 11.1. The van der Waals surface area contributed by atoms with Crippen LogP contribution in [0.5, 0.6) is 11.5 Å². The van der Waals surface area contributed by atoms with Crippen LogP contribution < -0.4 is 20.2 Å². The molecule has 2 amide bonds. The normalized spacial score (nSPS) is 18.5. The Hall–Kier alpha value is -3.84. The van der Waals surface area contributed by atoms with E-state index in [1.54, 1.807) is 55.5 Å². The lowest BCUT2D eigenvalue weighted by atomic mass is 9.98. The summed E-state index contributed by atoms with van der Waals surface area (Å²) in [5, 5.41) is 3.41. The maximum atomic E-state index is 13.0. The summed E-state index contributed by atoms with van der Waals surface area (Å²) in [6.45, 7) is 2.00. The van der Waals surface area contributed by atoms with Crippen LogP contribution in [0.25, 0.3) is 0 Å². The van der Waals surface area contributed by atoms with Gasteiger partial charge < -0.3 is 14.8 Å². The van der Waals surface area contributed by atoms with Crippen LogP contribution in [0.4, 0.5) is 0 Å². The van der Waals surface area contributed by atoms with Gasteiger partial charge in [0.25, 0.3) is 5.91 Å². The zero-order chi connectivity index (χ0) is 24.2. The Morgan fingerprint density at radius 1 is 1.00 bits per heavy atom. The Morgan fingerprint density at radius 2 is 1.68 bits per heavy atom. The van der Waals surface area contributed by atoms with E-state index in [1.807, 2.05) is 43.3 Å². The van der Waals surface area contributed by atoms with Gasteiger partial charge in [-0.15, -0.1) is 10.1 Å². The third-order valence-corrected chi connectivity index (χ3v) is 5.90. The molecule has 1 fully saturated rings. The van der Waals surface area contributed by atoms with Gasteiger partial charge in [0.05, 0.1) is 14.2 Å². The maximum absolute atomic E-state index is 13.0. The molecule has 1 aliphatic rings. The molecule has 0 bridgehead atoms. The van der Waals surface area contributed by atoms with Crippen LogP contribution in [-0.2, 0) is 4.79 Å². The molecule has 0 unspecified atom stereocenters. The van der Waals surface area contributed by atoms with Crippen molar-refractivity contribution in [3.8, 4) is 11.5 Å². The maximum Gasteiger partial charge on any atom is 0.304 e. The Bertz CT molecular complexity index is 1240. The van der Waals surface area contributed by atoms with Crippen molar-refractivity contribution in [1.82, 2.24) is 10.7 Å². The van der Waals surface area contributed by atoms with Gasteiger partial charge in [-0.2, -0.15) is 0 Å². The number of nitrogens with one attached hydrogen (secondary N) is 2. The van der Waals surface area contributed by atoms with Crippen molar-refractivity contribution in [3.63, 3.8) is 0 Å². The number of hydrogen-bond acceptors (Lipinski definition) is 4. The topological polar surface area (TPSA) is 79.7 Å². The highest BCUT2D eigenvalue weighted by Gasteiger charge is 2.47. The lowest BCUT2D eigenvalue weighted by molar-refractivity contribution is -0.596. The first-order valence-electron chi connectivity index (χ1n) is 10.7. The summed E-state index contributed by atoms with van der Waals surface area (Å²) in [4.78, 5) is 25.9. The fraction of sp³-hybridized carbons (Fsp3) is 0.192. The number of hydrazine groups is 1. The van der Waals surface area contributed by atoms with E-state index < -0.39 is 12.1 Å². The van der Waals surface area contributed by atoms with Crippen molar-refractivity contribution < 1.29 is 23.7 Å². The second-order valence-corrected chi connectivity index (χ2v) is 8.38. The number of rotatable bonds is 6. The smallest absolute Gasteiger partial charge is 0.304 e. The van der Waals surface area contributed by atoms with Gasteiger partial charge in [0.2, 0.25) is 12.3 Å². The van der Waals surface area contributed by atoms with Gasteiger partial charge in [-0.3, -0.25) is 9.59 Å². The minimum atomic E-state index is -0.817. The van der Waals surface area contributed by atoms with E-state index in [1.165, 1.54) is 0 Å².